The second kappa shape index (κ2) is 9.15. The van der Waals surface area contributed by atoms with Gasteiger partial charge in [0, 0.05) is 6.42 Å². The van der Waals surface area contributed by atoms with Crippen molar-refractivity contribution in [2.75, 3.05) is 7.11 Å². The number of ether oxygens (including phenoxy) is 2. The lowest BCUT2D eigenvalue weighted by atomic mass is 9.95. The van der Waals surface area contributed by atoms with Crippen LogP contribution in [-0.4, -0.2) is 47.4 Å². The fraction of sp³-hybridized carbons (Fsp3) is 0.571. The minimum atomic E-state index is -1.16. The number of hydrogen-bond donors (Lipinski definition) is 3. The van der Waals surface area contributed by atoms with E-state index in [1.54, 1.807) is 52.1 Å². The minimum Gasteiger partial charge on any atom is -0.497 e. The van der Waals surface area contributed by atoms with Crippen LogP contribution in [0.4, 0.5) is 4.79 Å². The van der Waals surface area contributed by atoms with Crippen molar-refractivity contribution in [1.82, 2.24) is 10.6 Å². The predicted octanol–water partition coefficient (Wildman–Crippen LogP) is 2.64. The molecule has 1 aromatic rings. The van der Waals surface area contributed by atoms with Crippen molar-refractivity contribution >= 4 is 18.0 Å². The molecule has 1 aromatic carbocycles. The van der Waals surface area contributed by atoms with Crippen LogP contribution in [0.3, 0.4) is 0 Å². The van der Waals surface area contributed by atoms with Gasteiger partial charge < -0.3 is 25.2 Å². The highest BCUT2D eigenvalue weighted by Gasteiger charge is 2.44. The van der Waals surface area contributed by atoms with E-state index in [4.69, 9.17) is 9.47 Å². The van der Waals surface area contributed by atoms with Crippen molar-refractivity contribution < 1.29 is 29.0 Å². The number of hydrogen-bond acceptors (Lipinski definition) is 5. The fourth-order valence-corrected chi connectivity index (χ4v) is 3.38. The summed E-state index contributed by atoms with van der Waals surface area (Å²) in [6.45, 7) is 5.22. The first kappa shape index (κ1) is 22.5. The molecule has 0 heterocycles. The van der Waals surface area contributed by atoms with Crippen molar-refractivity contribution in [2.45, 2.75) is 70.1 Å². The van der Waals surface area contributed by atoms with Crippen molar-refractivity contribution in [3.8, 4) is 5.75 Å². The number of carbonyl (C=O) groups excluding carboxylic acids is 2. The van der Waals surface area contributed by atoms with Gasteiger partial charge in [0.15, 0.2) is 0 Å². The fourth-order valence-electron chi connectivity index (χ4n) is 3.38. The van der Waals surface area contributed by atoms with Gasteiger partial charge in [-0.05, 0) is 51.3 Å². The average molecular weight is 406 g/mol. The molecule has 1 saturated carbocycles. The molecule has 2 rings (SSSR count). The van der Waals surface area contributed by atoms with Gasteiger partial charge in [-0.2, -0.15) is 0 Å². The van der Waals surface area contributed by atoms with Crippen molar-refractivity contribution in [2.24, 2.45) is 0 Å². The molecule has 1 aliphatic carbocycles. The van der Waals surface area contributed by atoms with E-state index in [1.165, 1.54) is 0 Å². The highest BCUT2D eigenvalue weighted by atomic mass is 16.6. The van der Waals surface area contributed by atoms with Crippen molar-refractivity contribution in [1.29, 1.82) is 0 Å². The average Bonchev–Trinajstić information content (AvgIpc) is 3.09. The van der Waals surface area contributed by atoms with Crippen LogP contribution < -0.4 is 15.4 Å². The maximum atomic E-state index is 13.0. The number of nitrogens with one attached hydrogen (secondary N) is 2. The van der Waals surface area contributed by atoms with Crippen LogP contribution in [0.1, 0.15) is 52.0 Å². The van der Waals surface area contributed by atoms with Gasteiger partial charge >= 0.3 is 12.1 Å². The molecule has 0 aliphatic heterocycles. The number of amides is 2. The molecule has 0 spiro atoms. The molecular formula is C21H30N2O6. The summed E-state index contributed by atoms with van der Waals surface area (Å²) in [6, 6.07) is 5.86. The van der Waals surface area contributed by atoms with Crippen LogP contribution in [0.2, 0.25) is 0 Å². The molecule has 0 saturated heterocycles. The van der Waals surface area contributed by atoms with Gasteiger partial charge in [0.1, 0.15) is 22.9 Å². The Morgan fingerprint density at radius 1 is 1.14 bits per heavy atom. The predicted molar refractivity (Wildman–Crippen MR) is 107 cm³/mol. The molecule has 8 nitrogen and oxygen atoms in total. The topological polar surface area (TPSA) is 114 Å². The number of carbonyl (C=O) groups is 3. The van der Waals surface area contributed by atoms with Gasteiger partial charge in [0.2, 0.25) is 5.91 Å². The summed E-state index contributed by atoms with van der Waals surface area (Å²) < 4.78 is 10.4. The number of benzene rings is 1. The maximum absolute atomic E-state index is 13.0. The van der Waals surface area contributed by atoms with Crippen molar-refractivity contribution in [3.63, 3.8) is 0 Å². The number of rotatable bonds is 7. The second-order valence-corrected chi connectivity index (χ2v) is 8.33. The second-order valence-electron chi connectivity index (χ2n) is 8.33. The standard InChI is InChI=1S/C21H30N2O6/c1-20(2,3)29-19(27)23-21(11-5-6-12-21)18(26)22-16(17(24)25)13-14-7-9-15(28-4)10-8-14/h7-10,16H,5-6,11-13H2,1-4H3,(H,22,26)(H,23,27)(H,24,25)/t16-/m0/s1. The molecular weight excluding hydrogens is 376 g/mol. The first-order valence-electron chi connectivity index (χ1n) is 9.72. The highest BCUT2D eigenvalue weighted by molar-refractivity contribution is 5.93. The summed E-state index contributed by atoms with van der Waals surface area (Å²) in [5, 5.41) is 14.9. The third-order valence-electron chi connectivity index (χ3n) is 4.83. The maximum Gasteiger partial charge on any atom is 0.408 e. The van der Waals surface area contributed by atoms with Gasteiger partial charge in [0.05, 0.1) is 7.11 Å². The Balaban J connectivity index is 2.10. The molecule has 1 aliphatic rings. The monoisotopic (exact) mass is 406 g/mol. The van der Waals surface area contributed by atoms with E-state index in [0.717, 1.165) is 18.4 Å². The van der Waals surface area contributed by atoms with Crippen LogP contribution in [0, 0.1) is 0 Å². The summed E-state index contributed by atoms with van der Waals surface area (Å²) in [5.74, 6) is -0.975. The number of carboxylic acid groups (broad SMARTS) is 1. The molecule has 0 radical (unpaired) electrons. The third kappa shape index (κ3) is 6.37. The molecule has 1 fully saturated rings. The molecule has 160 valence electrons. The van der Waals surface area contributed by atoms with Gasteiger partial charge in [-0.3, -0.25) is 4.79 Å². The van der Waals surface area contributed by atoms with E-state index in [1.807, 2.05) is 0 Å². The van der Waals surface area contributed by atoms with E-state index in [2.05, 4.69) is 10.6 Å². The molecule has 0 aromatic heterocycles. The van der Waals surface area contributed by atoms with Gasteiger partial charge in [0.25, 0.3) is 0 Å². The smallest absolute Gasteiger partial charge is 0.408 e. The number of aliphatic carboxylic acids is 1. The van der Waals surface area contributed by atoms with E-state index < -0.39 is 35.2 Å². The molecule has 0 unspecified atom stereocenters. The van der Waals surface area contributed by atoms with E-state index in [9.17, 15) is 19.5 Å². The van der Waals surface area contributed by atoms with E-state index in [0.29, 0.717) is 18.6 Å². The molecule has 1 atom stereocenters. The zero-order valence-corrected chi connectivity index (χ0v) is 17.4. The summed E-state index contributed by atoms with van der Waals surface area (Å²) in [5.41, 5.74) is -1.10. The van der Waals surface area contributed by atoms with Crippen LogP contribution in [0.25, 0.3) is 0 Å². The Labute approximate surface area is 171 Å². The zero-order chi connectivity index (χ0) is 21.7. The Kier molecular flexibility index (Phi) is 7.11. The summed E-state index contributed by atoms with van der Waals surface area (Å²) in [7, 11) is 1.55. The summed E-state index contributed by atoms with van der Waals surface area (Å²) in [4.78, 5) is 37.0. The molecule has 8 heteroatoms. The van der Waals surface area contributed by atoms with E-state index in [-0.39, 0.29) is 6.42 Å². The normalized spacial score (nSPS) is 16.6. The summed E-state index contributed by atoms with van der Waals surface area (Å²) >= 11 is 0. The number of carboxylic acids is 1. The Morgan fingerprint density at radius 3 is 2.21 bits per heavy atom. The van der Waals surface area contributed by atoms with Gasteiger partial charge in [-0.15, -0.1) is 0 Å². The largest absolute Gasteiger partial charge is 0.497 e. The summed E-state index contributed by atoms with van der Waals surface area (Å²) in [6.07, 6.45) is 1.84. The first-order chi connectivity index (χ1) is 13.5. The SMILES string of the molecule is COc1ccc(C[C@H](NC(=O)C2(NC(=O)OC(C)(C)C)CCCC2)C(=O)O)cc1. The Morgan fingerprint density at radius 2 is 1.72 bits per heavy atom. The molecule has 29 heavy (non-hydrogen) atoms. The van der Waals surface area contributed by atoms with Crippen LogP contribution >= 0.6 is 0 Å². The van der Waals surface area contributed by atoms with Crippen LogP contribution in [0.5, 0.6) is 5.75 Å². The third-order valence-corrected chi connectivity index (χ3v) is 4.83. The molecule has 0 bridgehead atoms. The number of alkyl carbamates (subject to hydrolysis) is 1. The lowest BCUT2D eigenvalue weighted by Crippen LogP contribution is -2.60. The molecule has 2 amide bonds. The number of methoxy groups -OCH3 is 1. The van der Waals surface area contributed by atoms with Gasteiger partial charge in [-0.25, -0.2) is 9.59 Å². The lowest BCUT2D eigenvalue weighted by molar-refractivity contribution is -0.142. The lowest BCUT2D eigenvalue weighted by Gasteiger charge is -2.31. The van der Waals surface area contributed by atoms with Crippen molar-refractivity contribution in [3.05, 3.63) is 29.8 Å². The minimum absolute atomic E-state index is 0.119. The van der Waals surface area contributed by atoms with Crippen LogP contribution in [-0.2, 0) is 20.7 Å². The first-order valence-corrected chi connectivity index (χ1v) is 9.72. The zero-order valence-electron chi connectivity index (χ0n) is 17.4. The molecule has 3 N–H and O–H groups in total. The Hall–Kier alpha value is -2.77. The van der Waals surface area contributed by atoms with Crippen LogP contribution in [0.15, 0.2) is 24.3 Å². The van der Waals surface area contributed by atoms with Gasteiger partial charge in [-0.1, -0.05) is 25.0 Å². The Bertz CT molecular complexity index is 733. The highest BCUT2D eigenvalue weighted by Crippen LogP contribution is 2.30. The van der Waals surface area contributed by atoms with E-state index >= 15 is 0 Å². The quantitative estimate of drug-likeness (QED) is 0.641.